The number of hydrogen-bond acceptors (Lipinski definition) is 4. The number of carboxylic acid groups (broad SMARTS) is 1. The number of carboxylic acids is 1. The minimum absolute atomic E-state index is 0.381. The number of nitrogens with zero attached hydrogens (tertiary/aromatic N) is 1. The van der Waals surface area contributed by atoms with Crippen LogP contribution in [-0.4, -0.2) is 22.7 Å². The van der Waals surface area contributed by atoms with Crippen LogP contribution < -0.4 is 4.74 Å². The number of rotatable bonds is 7. The topological polar surface area (TPSA) is 59.4 Å². The highest BCUT2D eigenvalue weighted by atomic mass is 32.2. The van der Waals surface area contributed by atoms with Crippen molar-refractivity contribution in [3.8, 4) is 17.0 Å². The first-order valence-electron chi connectivity index (χ1n) is 8.93. The maximum Gasteiger partial charge on any atom is 0.417 e. The zero-order valence-corrected chi connectivity index (χ0v) is 16.8. The predicted octanol–water partition coefficient (Wildman–Crippen LogP) is 5.83. The van der Waals surface area contributed by atoms with Crippen LogP contribution >= 0.6 is 11.8 Å². The van der Waals surface area contributed by atoms with Gasteiger partial charge in [-0.3, -0.25) is 4.98 Å². The van der Waals surface area contributed by atoms with Crippen LogP contribution in [0.1, 0.15) is 16.7 Å². The highest BCUT2D eigenvalue weighted by Crippen LogP contribution is 2.31. The van der Waals surface area contributed by atoms with Gasteiger partial charge < -0.3 is 9.84 Å². The summed E-state index contributed by atoms with van der Waals surface area (Å²) >= 11 is 1.61. The summed E-state index contributed by atoms with van der Waals surface area (Å²) in [6.07, 6.45) is -3.56. The lowest BCUT2D eigenvalue weighted by molar-refractivity contribution is -0.139. The molecule has 0 bridgehead atoms. The smallest absolute Gasteiger partial charge is 0.417 e. The number of pyridine rings is 1. The molecule has 1 aromatic heterocycles. The van der Waals surface area contributed by atoms with Gasteiger partial charge in [0, 0.05) is 22.4 Å². The summed E-state index contributed by atoms with van der Waals surface area (Å²) in [6, 6.07) is 15.4. The van der Waals surface area contributed by atoms with Crippen molar-refractivity contribution in [1.82, 2.24) is 4.98 Å². The Bertz CT molecular complexity index is 1020. The SMILES string of the molecule is Cc1cc(SCc2ccc(-c3ccc(C(F)(F)F)cn3)cc2)ccc1OCC(=O)O. The van der Waals surface area contributed by atoms with Crippen molar-refractivity contribution in [3.05, 3.63) is 77.5 Å². The summed E-state index contributed by atoms with van der Waals surface area (Å²) in [4.78, 5) is 15.5. The molecule has 4 nitrogen and oxygen atoms in total. The zero-order chi connectivity index (χ0) is 21.7. The summed E-state index contributed by atoms with van der Waals surface area (Å²) in [7, 11) is 0. The summed E-state index contributed by atoms with van der Waals surface area (Å²) in [5, 5.41) is 8.69. The van der Waals surface area contributed by atoms with E-state index in [1.165, 1.54) is 6.07 Å². The van der Waals surface area contributed by atoms with Crippen molar-refractivity contribution in [3.63, 3.8) is 0 Å². The van der Waals surface area contributed by atoms with E-state index in [0.717, 1.165) is 33.8 Å². The second kappa shape index (κ2) is 9.21. The Morgan fingerprint density at radius 2 is 1.83 bits per heavy atom. The fraction of sp³-hybridized carbons (Fsp3) is 0.182. The normalized spacial score (nSPS) is 11.3. The van der Waals surface area contributed by atoms with Gasteiger partial charge in [0.15, 0.2) is 6.61 Å². The Morgan fingerprint density at radius 3 is 2.40 bits per heavy atom. The lowest BCUT2D eigenvalue weighted by atomic mass is 10.1. The first-order valence-corrected chi connectivity index (χ1v) is 9.91. The van der Waals surface area contributed by atoms with Crippen LogP contribution in [0.25, 0.3) is 11.3 Å². The summed E-state index contributed by atoms with van der Waals surface area (Å²) in [5.74, 6) is 0.216. The Labute approximate surface area is 175 Å². The molecule has 0 spiro atoms. The lowest BCUT2D eigenvalue weighted by Gasteiger charge is -2.09. The van der Waals surface area contributed by atoms with Crippen LogP contribution in [0.2, 0.25) is 0 Å². The van der Waals surface area contributed by atoms with Gasteiger partial charge >= 0.3 is 12.1 Å². The second-order valence-electron chi connectivity index (χ2n) is 6.53. The van der Waals surface area contributed by atoms with Crippen LogP contribution in [0, 0.1) is 6.92 Å². The average molecular weight is 433 g/mol. The molecule has 0 amide bonds. The van der Waals surface area contributed by atoms with Gasteiger partial charge in [0.2, 0.25) is 0 Å². The minimum Gasteiger partial charge on any atom is -0.482 e. The van der Waals surface area contributed by atoms with Gasteiger partial charge in [0.25, 0.3) is 0 Å². The lowest BCUT2D eigenvalue weighted by Crippen LogP contribution is -2.09. The molecule has 1 heterocycles. The average Bonchev–Trinajstić information content (AvgIpc) is 2.71. The van der Waals surface area contributed by atoms with Gasteiger partial charge in [-0.05, 0) is 48.4 Å². The standard InChI is InChI=1S/C22H18F3NO3S/c1-14-10-18(7-9-20(14)29-12-21(27)28)30-13-15-2-4-16(5-3-15)19-8-6-17(11-26-19)22(23,24)25/h2-11H,12-13H2,1H3,(H,27,28). The first kappa shape index (κ1) is 21.7. The van der Waals surface area contributed by atoms with E-state index >= 15 is 0 Å². The molecule has 2 aromatic carbocycles. The molecule has 0 radical (unpaired) electrons. The van der Waals surface area contributed by atoms with Crippen LogP contribution in [-0.2, 0) is 16.7 Å². The number of aliphatic carboxylic acids is 1. The molecular formula is C22H18F3NO3S. The van der Waals surface area contributed by atoms with E-state index in [1.54, 1.807) is 17.8 Å². The summed E-state index contributed by atoms with van der Waals surface area (Å²) in [5.41, 5.74) is 2.36. The molecule has 0 fully saturated rings. The molecule has 0 aliphatic heterocycles. The molecule has 1 N–H and O–H groups in total. The number of benzene rings is 2. The van der Waals surface area contributed by atoms with E-state index in [9.17, 15) is 18.0 Å². The maximum absolute atomic E-state index is 12.6. The molecule has 0 atom stereocenters. The number of halogens is 3. The molecular weight excluding hydrogens is 415 g/mol. The molecule has 0 aliphatic carbocycles. The van der Waals surface area contributed by atoms with Gasteiger partial charge in [-0.2, -0.15) is 13.2 Å². The number of thioether (sulfide) groups is 1. The number of aromatic nitrogens is 1. The molecule has 30 heavy (non-hydrogen) atoms. The molecule has 8 heteroatoms. The highest BCUT2D eigenvalue weighted by molar-refractivity contribution is 7.98. The largest absolute Gasteiger partial charge is 0.482 e. The van der Waals surface area contributed by atoms with Crippen molar-refractivity contribution in [2.45, 2.75) is 23.7 Å². The van der Waals surface area contributed by atoms with Crippen molar-refractivity contribution < 1.29 is 27.8 Å². The monoisotopic (exact) mass is 433 g/mol. The van der Waals surface area contributed by atoms with E-state index < -0.39 is 17.7 Å². The zero-order valence-electron chi connectivity index (χ0n) is 15.9. The molecule has 0 unspecified atom stereocenters. The van der Waals surface area contributed by atoms with Crippen LogP contribution in [0.15, 0.2) is 65.7 Å². The van der Waals surface area contributed by atoms with E-state index in [-0.39, 0.29) is 6.61 Å². The molecule has 3 rings (SSSR count). The highest BCUT2D eigenvalue weighted by Gasteiger charge is 2.30. The van der Waals surface area contributed by atoms with Crippen molar-refractivity contribution in [2.24, 2.45) is 0 Å². The molecule has 156 valence electrons. The molecule has 0 aliphatic rings. The summed E-state index contributed by atoms with van der Waals surface area (Å²) in [6.45, 7) is 1.47. The predicted molar refractivity (Wildman–Crippen MR) is 109 cm³/mol. The number of carbonyl (C=O) groups is 1. The molecule has 0 saturated heterocycles. The van der Waals surface area contributed by atoms with E-state index in [4.69, 9.17) is 9.84 Å². The Balaban J connectivity index is 1.61. The summed E-state index contributed by atoms with van der Waals surface area (Å²) < 4.78 is 43.2. The molecule has 3 aromatic rings. The fourth-order valence-corrected chi connectivity index (χ4v) is 3.63. The Morgan fingerprint density at radius 1 is 1.10 bits per heavy atom. The second-order valence-corrected chi connectivity index (χ2v) is 7.57. The third-order valence-corrected chi connectivity index (χ3v) is 5.31. The third-order valence-electron chi connectivity index (χ3n) is 4.24. The van der Waals surface area contributed by atoms with Crippen LogP contribution in [0.5, 0.6) is 5.75 Å². The van der Waals surface area contributed by atoms with Gasteiger partial charge in [-0.25, -0.2) is 4.79 Å². The van der Waals surface area contributed by atoms with Crippen LogP contribution in [0.4, 0.5) is 13.2 Å². The van der Waals surface area contributed by atoms with Crippen molar-refractivity contribution in [1.29, 1.82) is 0 Å². The van der Waals surface area contributed by atoms with Gasteiger partial charge in [0.05, 0.1) is 11.3 Å². The van der Waals surface area contributed by atoms with Crippen molar-refractivity contribution in [2.75, 3.05) is 6.61 Å². The number of aryl methyl sites for hydroxylation is 1. The van der Waals surface area contributed by atoms with Gasteiger partial charge in [-0.1, -0.05) is 24.3 Å². The number of alkyl halides is 3. The van der Waals surface area contributed by atoms with E-state index in [0.29, 0.717) is 17.2 Å². The maximum atomic E-state index is 12.6. The quantitative estimate of drug-likeness (QED) is 0.475. The minimum atomic E-state index is -4.40. The third kappa shape index (κ3) is 5.76. The Hall–Kier alpha value is -3.00. The van der Waals surface area contributed by atoms with E-state index in [2.05, 4.69) is 4.98 Å². The van der Waals surface area contributed by atoms with Crippen LogP contribution in [0.3, 0.4) is 0 Å². The van der Waals surface area contributed by atoms with Gasteiger partial charge in [0.1, 0.15) is 5.75 Å². The van der Waals surface area contributed by atoms with Crippen molar-refractivity contribution >= 4 is 17.7 Å². The number of hydrogen-bond donors (Lipinski definition) is 1. The molecule has 0 saturated carbocycles. The van der Waals surface area contributed by atoms with E-state index in [1.807, 2.05) is 43.3 Å². The fourth-order valence-electron chi connectivity index (χ4n) is 2.68. The van der Waals surface area contributed by atoms with Gasteiger partial charge in [-0.15, -0.1) is 11.8 Å². The first-order chi connectivity index (χ1) is 14.2. The number of ether oxygens (including phenoxy) is 1. The Kier molecular flexibility index (Phi) is 6.66.